The van der Waals surface area contributed by atoms with E-state index in [4.69, 9.17) is 4.98 Å². The van der Waals surface area contributed by atoms with Crippen LogP contribution in [0.3, 0.4) is 0 Å². The highest BCUT2D eigenvalue weighted by molar-refractivity contribution is 7.09. The van der Waals surface area contributed by atoms with E-state index in [1.54, 1.807) is 35.6 Å². The van der Waals surface area contributed by atoms with Gasteiger partial charge in [-0.1, -0.05) is 62.8 Å². The van der Waals surface area contributed by atoms with Gasteiger partial charge < -0.3 is 4.90 Å². The summed E-state index contributed by atoms with van der Waals surface area (Å²) in [6.07, 6.45) is 16.5. The molecule has 3 aromatic rings. The lowest BCUT2D eigenvalue weighted by Crippen LogP contribution is -2.28. The fraction of sp³-hybridized carbons (Fsp3) is 0.611. The van der Waals surface area contributed by atoms with Gasteiger partial charge in [-0.3, -0.25) is 4.90 Å². The van der Waals surface area contributed by atoms with Crippen LogP contribution in [-0.2, 0) is 19.0 Å². The second kappa shape index (κ2) is 16.3. The van der Waals surface area contributed by atoms with Crippen molar-refractivity contribution >= 4 is 17.5 Å². The van der Waals surface area contributed by atoms with Crippen LogP contribution in [0.15, 0.2) is 41.9 Å². The van der Waals surface area contributed by atoms with E-state index < -0.39 is 11.9 Å². The van der Waals surface area contributed by atoms with Crippen LogP contribution in [0, 0.1) is 6.92 Å². The van der Waals surface area contributed by atoms with Crippen LogP contribution >= 0.6 is 11.3 Å². The van der Waals surface area contributed by atoms with Crippen molar-refractivity contribution in [1.29, 1.82) is 0 Å². The SMILES string of the molecule is Cc1cc(C(F)(F)F)nn1C=CN1CCC(c2nc(CCCCCCCCCCN(C)C3CCCc4ccccc43)cs2)CC1. The number of unbranched alkanes of at least 4 members (excludes halogenated alkanes) is 7. The third-order valence-corrected chi connectivity index (χ3v) is 10.7. The minimum absolute atomic E-state index is 0.468. The fourth-order valence-electron chi connectivity index (χ4n) is 6.93. The number of benzene rings is 1. The molecule has 0 saturated carbocycles. The van der Waals surface area contributed by atoms with Gasteiger partial charge in [0.1, 0.15) is 0 Å². The van der Waals surface area contributed by atoms with Crippen LogP contribution in [0.4, 0.5) is 13.2 Å². The maximum absolute atomic E-state index is 12.9. The van der Waals surface area contributed by atoms with E-state index in [1.165, 1.54) is 92.6 Å². The van der Waals surface area contributed by atoms with Gasteiger partial charge >= 0.3 is 6.18 Å². The number of nitrogens with zero attached hydrogens (tertiary/aromatic N) is 5. The van der Waals surface area contributed by atoms with Crippen molar-refractivity contribution in [2.75, 3.05) is 26.7 Å². The van der Waals surface area contributed by atoms with Gasteiger partial charge in [0.15, 0.2) is 5.69 Å². The zero-order valence-corrected chi connectivity index (χ0v) is 27.9. The topological polar surface area (TPSA) is 37.2 Å². The number of fused-ring (bicyclic) bond motifs is 1. The number of aryl methyl sites for hydroxylation is 3. The van der Waals surface area contributed by atoms with Crippen molar-refractivity contribution in [2.24, 2.45) is 0 Å². The lowest BCUT2D eigenvalue weighted by Gasteiger charge is -2.33. The predicted octanol–water partition coefficient (Wildman–Crippen LogP) is 9.65. The molecule has 1 aliphatic carbocycles. The number of hydrogen-bond acceptors (Lipinski definition) is 5. The summed E-state index contributed by atoms with van der Waals surface area (Å²) < 4.78 is 40.1. The second-order valence-electron chi connectivity index (χ2n) is 13.1. The van der Waals surface area contributed by atoms with Gasteiger partial charge in [-0.2, -0.15) is 18.3 Å². The normalized spacial score (nSPS) is 17.9. The van der Waals surface area contributed by atoms with Gasteiger partial charge in [-0.15, -0.1) is 11.3 Å². The molecule has 2 aromatic heterocycles. The number of likely N-dealkylation sites (tertiary alicyclic amines) is 1. The summed E-state index contributed by atoms with van der Waals surface area (Å²) in [6.45, 7) is 4.58. The molecule has 246 valence electrons. The summed E-state index contributed by atoms with van der Waals surface area (Å²) in [4.78, 5) is 9.73. The molecule has 1 atom stereocenters. The standard InChI is InChI=1S/C36H50F3N5S/c1-28-26-34(36(37,38)39)41-44(28)25-24-43-22-19-30(20-23-43)35-40-31(27-45-35)16-9-7-5-3-4-6-8-12-21-42(2)33-18-13-15-29-14-10-11-17-32(29)33/h10-11,14,17,24-27,30,33H,3-9,12-13,15-16,18-23H2,1-2H3. The average Bonchev–Trinajstić information content (AvgIpc) is 3.67. The zero-order chi connectivity index (χ0) is 31.6. The van der Waals surface area contributed by atoms with Crippen LogP contribution in [0.1, 0.15) is 122 Å². The van der Waals surface area contributed by atoms with E-state index in [0.717, 1.165) is 38.4 Å². The van der Waals surface area contributed by atoms with Gasteiger partial charge in [0, 0.05) is 48.5 Å². The summed E-state index contributed by atoms with van der Waals surface area (Å²) >= 11 is 1.79. The molecule has 0 spiro atoms. The van der Waals surface area contributed by atoms with Crippen molar-refractivity contribution in [2.45, 2.75) is 115 Å². The van der Waals surface area contributed by atoms with E-state index in [9.17, 15) is 13.2 Å². The third kappa shape index (κ3) is 9.67. The quantitative estimate of drug-likeness (QED) is 0.155. The van der Waals surface area contributed by atoms with Crippen molar-refractivity contribution in [3.63, 3.8) is 0 Å². The first-order valence-electron chi connectivity index (χ1n) is 17.1. The van der Waals surface area contributed by atoms with E-state index in [2.05, 4.69) is 51.6 Å². The number of aromatic nitrogens is 3. The molecular weight excluding hydrogens is 591 g/mol. The van der Waals surface area contributed by atoms with Gasteiger partial charge in [0.05, 0.1) is 10.7 Å². The average molecular weight is 642 g/mol. The molecule has 1 aliphatic heterocycles. The minimum atomic E-state index is -4.42. The Kier molecular flexibility index (Phi) is 12.2. The molecule has 1 saturated heterocycles. The second-order valence-corrected chi connectivity index (χ2v) is 14.0. The largest absolute Gasteiger partial charge is 0.435 e. The number of alkyl halides is 3. The number of halogens is 3. The van der Waals surface area contributed by atoms with E-state index in [1.807, 2.05) is 6.20 Å². The molecule has 1 unspecified atom stereocenters. The highest BCUT2D eigenvalue weighted by Crippen LogP contribution is 2.34. The minimum Gasteiger partial charge on any atom is -0.376 e. The molecule has 0 radical (unpaired) electrons. The molecule has 9 heteroatoms. The monoisotopic (exact) mass is 641 g/mol. The molecule has 2 aliphatic rings. The van der Waals surface area contributed by atoms with Crippen LogP contribution in [-0.4, -0.2) is 51.2 Å². The number of rotatable bonds is 15. The van der Waals surface area contributed by atoms with Crippen LogP contribution in [0.25, 0.3) is 6.20 Å². The Hall–Kier alpha value is -2.65. The Labute approximate surface area is 271 Å². The van der Waals surface area contributed by atoms with Gasteiger partial charge in [-0.25, -0.2) is 9.67 Å². The molecule has 3 heterocycles. The molecule has 5 nitrogen and oxygen atoms in total. The van der Waals surface area contributed by atoms with E-state index in [0.29, 0.717) is 17.7 Å². The Bertz CT molecular complexity index is 1350. The number of thiazole rings is 1. The molecule has 0 bridgehead atoms. The van der Waals surface area contributed by atoms with Gasteiger partial charge in [0.25, 0.3) is 0 Å². The molecule has 5 rings (SSSR count). The lowest BCUT2D eigenvalue weighted by atomic mass is 9.87. The summed E-state index contributed by atoms with van der Waals surface area (Å²) in [6, 6.07) is 10.7. The van der Waals surface area contributed by atoms with Crippen LogP contribution < -0.4 is 0 Å². The Morgan fingerprint density at radius 3 is 2.40 bits per heavy atom. The molecule has 1 fully saturated rings. The van der Waals surface area contributed by atoms with Crippen molar-refractivity contribution in [3.8, 4) is 0 Å². The number of hydrogen-bond donors (Lipinski definition) is 0. The van der Waals surface area contributed by atoms with Crippen LogP contribution in [0.2, 0.25) is 0 Å². The van der Waals surface area contributed by atoms with E-state index >= 15 is 0 Å². The zero-order valence-electron chi connectivity index (χ0n) is 27.1. The first-order valence-corrected chi connectivity index (χ1v) is 17.9. The molecule has 0 amide bonds. The third-order valence-electron chi connectivity index (χ3n) is 9.64. The molecule has 45 heavy (non-hydrogen) atoms. The first-order chi connectivity index (χ1) is 21.8. The molecule has 0 N–H and O–H groups in total. The predicted molar refractivity (Wildman–Crippen MR) is 178 cm³/mol. The summed E-state index contributed by atoms with van der Waals surface area (Å²) in [7, 11) is 2.31. The van der Waals surface area contributed by atoms with E-state index in [-0.39, 0.29) is 0 Å². The summed E-state index contributed by atoms with van der Waals surface area (Å²) in [5.74, 6) is 0.468. The highest BCUT2D eigenvalue weighted by Gasteiger charge is 2.34. The maximum Gasteiger partial charge on any atom is 0.435 e. The lowest BCUT2D eigenvalue weighted by molar-refractivity contribution is -0.141. The smallest absolute Gasteiger partial charge is 0.376 e. The van der Waals surface area contributed by atoms with Gasteiger partial charge in [0.2, 0.25) is 0 Å². The Morgan fingerprint density at radius 1 is 0.956 bits per heavy atom. The number of piperidine rings is 1. The molecular formula is C36H50F3N5S. The summed E-state index contributed by atoms with van der Waals surface area (Å²) in [5.41, 5.74) is 3.97. The van der Waals surface area contributed by atoms with Crippen molar-refractivity contribution in [3.05, 3.63) is 75.1 Å². The van der Waals surface area contributed by atoms with Crippen LogP contribution in [0.5, 0.6) is 0 Å². The Morgan fingerprint density at radius 2 is 1.67 bits per heavy atom. The first kappa shape index (κ1) is 33.7. The highest BCUT2D eigenvalue weighted by atomic mass is 32.1. The van der Waals surface area contributed by atoms with Gasteiger partial charge in [-0.05, 0) is 89.1 Å². The van der Waals surface area contributed by atoms with Crippen molar-refractivity contribution < 1.29 is 13.2 Å². The Balaban J connectivity index is 0.900. The summed E-state index contributed by atoms with van der Waals surface area (Å²) in [5, 5.41) is 7.16. The van der Waals surface area contributed by atoms with Crippen molar-refractivity contribution in [1.82, 2.24) is 24.6 Å². The maximum atomic E-state index is 12.9. The fourth-order valence-corrected chi connectivity index (χ4v) is 7.95. The molecule has 1 aromatic carbocycles.